The first-order chi connectivity index (χ1) is 13.0. The van der Waals surface area contributed by atoms with Gasteiger partial charge in [0.2, 0.25) is 0 Å². The smallest absolute Gasteiger partial charge is 0.339 e. The molecule has 1 aromatic carbocycles. The van der Waals surface area contributed by atoms with Crippen LogP contribution in [0.5, 0.6) is 0 Å². The third-order valence-electron chi connectivity index (χ3n) is 4.26. The molecule has 6 nitrogen and oxygen atoms in total. The first kappa shape index (κ1) is 19.3. The number of carbonyl (C=O) groups excluding carboxylic acids is 2. The lowest BCUT2D eigenvalue weighted by Gasteiger charge is -2.35. The summed E-state index contributed by atoms with van der Waals surface area (Å²) in [7, 11) is 0. The normalized spacial score (nSPS) is 14.2. The molecule has 8 heteroatoms. The number of carbonyl (C=O) groups is 2. The summed E-state index contributed by atoms with van der Waals surface area (Å²) in [5.74, 6) is -0.297. The predicted molar refractivity (Wildman–Crippen MR) is 102 cm³/mol. The van der Waals surface area contributed by atoms with Crippen molar-refractivity contribution < 1.29 is 18.7 Å². The lowest BCUT2D eigenvalue weighted by Crippen LogP contribution is -2.49. The number of hydrogen-bond acceptors (Lipinski definition) is 5. The van der Waals surface area contributed by atoms with E-state index in [2.05, 4.69) is 20.9 Å². The molecule has 0 N–H and O–H groups in total. The zero-order chi connectivity index (χ0) is 19.4. The quantitative estimate of drug-likeness (QED) is 0.690. The maximum atomic E-state index is 13.5. The highest BCUT2D eigenvalue weighted by Crippen LogP contribution is 2.19. The standard InChI is InChI=1S/C19H19BrFN3O3/c1-2-27-19(26)13-3-4-17(22-12-13)23-5-7-24(8-6-23)18(25)14-9-15(20)11-16(21)10-14/h3-4,9-12H,2,5-8H2,1H3. The third kappa shape index (κ3) is 4.63. The molecule has 0 radical (unpaired) electrons. The number of ether oxygens (including phenoxy) is 1. The lowest BCUT2D eigenvalue weighted by molar-refractivity contribution is 0.0525. The molecular formula is C19H19BrFN3O3. The van der Waals surface area contributed by atoms with Crippen LogP contribution in [0.25, 0.3) is 0 Å². The van der Waals surface area contributed by atoms with Gasteiger partial charge in [-0.1, -0.05) is 15.9 Å². The summed E-state index contributed by atoms with van der Waals surface area (Å²) >= 11 is 3.21. The van der Waals surface area contributed by atoms with E-state index in [9.17, 15) is 14.0 Å². The number of aromatic nitrogens is 1. The van der Waals surface area contributed by atoms with Gasteiger partial charge in [0.05, 0.1) is 12.2 Å². The van der Waals surface area contributed by atoms with Gasteiger partial charge >= 0.3 is 5.97 Å². The summed E-state index contributed by atoms with van der Waals surface area (Å²) in [6.45, 7) is 4.30. The van der Waals surface area contributed by atoms with Crippen LogP contribution in [-0.4, -0.2) is 54.5 Å². The summed E-state index contributed by atoms with van der Waals surface area (Å²) in [5.41, 5.74) is 0.735. The van der Waals surface area contributed by atoms with Crippen molar-refractivity contribution in [3.8, 4) is 0 Å². The van der Waals surface area contributed by atoms with Crippen LogP contribution >= 0.6 is 15.9 Å². The van der Waals surface area contributed by atoms with Gasteiger partial charge in [-0.3, -0.25) is 4.79 Å². The van der Waals surface area contributed by atoms with Crippen LogP contribution in [0.1, 0.15) is 27.6 Å². The highest BCUT2D eigenvalue weighted by molar-refractivity contribution is 9.10. The Hall–Kier alpha value is -2.48. The largest absolute Gasteiger partial charge is 0.462 e. The highest BCUT2D eigenvalue weighted by atomic mass is 79.9. The average molecular weight is 436 g/mol. The van der Waals surface area contributed by atoms with Crippen LogP contribution < -0.4 is 4.90 Å². The van der Waals surface area contributed by atoms with E-state index < -0.39 is 11.8 Å². The van der Waals surface area contributed by atoms with Gasteiger partial charge < -0.3 is 14.5 Å². The molecule has 142 valence electrons. The fourth-order valence-electron chi connectivity index (χ4n) is 2.91. The fraction of sp³-hybridized carbons (Fsp3) is 0.316. The topological polar surface area (TPSA) is 62.7 Å². The van der Waals surface area contributed by atoms with E-state index in [0.717, 1.165) is 5.82 Å². The first-order valence-corrected chi connectivity index (χ1v) is 9.40. The van der Waals surface area contributed by atoms with Gasteiger partial charge in [-0.05, 0) is 37.3 Å². The maximum Gasteiger partial charge on any atom is 0.339 e. The minimum atomic E-state index is -0.447. The molecule has 27 heavy (non-hydrogen) atoms. The molecule has 1 aromatic heterocycles. The Bertz CT molecular complexity index is 816. The van der Waals surface area contributed by atoms with Crippen LogP contribution in [0, 0.1) is 5.82 Å². The van der Waals surface area contributed by atoms with Crippen LogP contribution in [-0.2, 0) is 4.74 Å². The highest BCUT2D eigenvalue weighted by Gasteiger charge is 2.23. The van der Waals surface area contributed by atoms with Gasteiger partial charge in [0.1, 0.15) is 11.6 Å². The number of esters is 1. The maximum absolute atomic E-state index is 13.5. The Labute approximate surface area is 165 Å². The minimum absolute atomic E-state index is 0.194. The van der Waals surface area contributed by atoms with Crippen molar-refractivity contribution in [3.05, 3.63) is 57.9 Å². The monoisotopic (exact) mass is 435 g/mol. The molecule has 1 aliphatic rings. The van der Waals surface area contributed by atoms with E-state index in [4.69, 9.17) is 4.74 Å². The first-order valence-electron chi connectivity index (χ1n) is 8.61. The molecule has 1 saturated heterocycles. The van der Waals surface area contributed by atoms with E-state index in [-0.39, 0.29) is 5.91 Å². The van der Waals surface area contributed by atoms with Gasteiger partial charge in [0, 0.05) is 42.4 Å². The Morgan fingerprint density at radius 2 is 1.89 bits per heavy atom. The molecule has 3 rings (SSSR count). The number of rotatable bonds is 4. The van der Waals surface area contributed by atoms with Gasteiger partial charge in [-0.2, -0.15) is 0 Å². The number of pyridine rings is 1. The van der Waals surface area contributed by atoms with Gasteiger partial charge in [-0.25, -0.2) is 14.2 Å². The van der Waals surface area contributed by atoms with Gasteiger partial charge in [0.25, 0.3) is 5.91 Å². The molecule has 1 amide bonds. The third-order valence-corrected chi connectivity index (χ3v) is 4.72. The minimum Gasteiger partial charge on any atom is -0.462 e. The van der Waals surface area contributed by atoms with Crippen molar-refractivity contribution >= 4 is 33.6 Å². The van der Waals surface area contributed by atoms with Crippen molar-refractivity contribution in [2.45, 2.75) is 6.92 Å². The number of anilines is 1. The Balaban J connectivity index is 1.61. The Kier molecular flexibility index (Phi) is 6.05. The predicted octanol–water partition coefficient (Wildman–Crippen LogP) is 3.12. The second-order valence-corrected chi connectivity index (χ2v) is 6.98. The average Bonchev–Trinajstić information content (AvgIpc) is 2.67. The summed E-state index contributed by atoms with van der Waals surface area (Å²) in [6.07, 6.45) is 1.50. The van der Waals surface area contributed by atoms with Crippen molar-refractivity contribution in [1.82, 2.24) is 9.88 Å². The van der Waals surface area contributed by atoms with E-state index in [0.29, 0.717) is 48.4 Å². The molecule has 0 spiro atoms. The van der Waals surface area contributed by atoms with Crippen molar-refractivity contribution in [3.63, 3.8) is 0 Å². The number of hydrogen-bond donors (Lipinski definition) is 0. The molecule has 1 fully saturated rings. The SMILES string of the molecule is CCOC(=O)c1ccc(N2CCN(C(=O)c3cc(F)cc(Br)c3)CC2)nc1. The molecule has 2 aromatic rings. The number of amides is 1. The molecule has 0 aliphatic carbocycles. The van der Waals surface area contributed by atoms with Crippen LogP contribution in [0.3, 0.4) is 0 Å². The van der Waals surface area contributed by atoms with Crippen LogP contribution in [0.2, 0.25) is 0 Å². The van der Waals surface area contributed by atoms with Crippen molar-refractivity contribution in [1.29, 1.82) is 0 Å². The van der Waals surface area contributed by atoms with Crippen LogP contribution in [0.4, 0.5) is 10.2 Å². The molecule has 0 bridgehead atoms. The van der Waals surface area contributed by atoms with E-state index >= 15 is 0 Å². The number of piperazine rings is 1. The number of nitrogens with zero attached hydrogens (tertiary/aromatic N) is 3. The number of halogens is 2. The summed E-state index contributed by atoms with van der Waals surface area (Å²) in [5, 5.41) is 0. The second kappa shape index (κ2) is 8.47. The fourth-order valence-corrected chi connectivity index (χ4v) is 3.37. The van der Waals surface area contributed by atoms with E-state index in [1.165, 1.54) is 18.3 Å². The van der Waals surface area contributed by atoms with Crippen molar-refractivity contribution in [2.75, 3.05) is 37.7 Å². The summed E-state index contributed by atoms with van der Waals surface area (Å²) in [6, 6.07) is 7.64. The molecule has 0 atom stereocenters. The molecule has 0 saturated carbocycles. The zero-order valence-electron chi connectivity index (χ0n) is 14.8. The molecule has 2 heterocycles. The van der Waals surface area contributed by atoms with Crippen LogP contribution in [0.15, 0.2) is 41.0 Å². The molecule has 1 aliphatic heterocycles. The second-order valence-electron chi connectivity index (χ2n) is 6.06. The van der Waals surface area contributed by atoms with Gasteiger partial charge in [0.15, 0.2) is 0 Å². The Morgan fingerprint density at radius 3 is 2.48 bits per heavy atom. The van der Waals surface area contributed by atoms with Crippen molar-refractivity contribution in [2.24, 2.45) is 0 Å². The zero-order valence-corrected chi connectivity index (χ0v) is 16.4. The Morgan fingerprint density at radius 1 is 1.15 bits per heavy atom. The lowest BCUT2D eigenvalue weighted by atomic mass is 10.1. The number of benzene rings is 1. The summed E-state index contributed by atoms with van der Waals surface area (Å²) in [4.78, 5) is 32.3. The molecule has 0 unspecified atom stereocenters. The van der Waals surface area contributed by atoms with E-state index in [1.807, 2.05) is 4.90 Å². The van der Waals surface area contributed by atoms with Gasteiger partial charge in [-0.15, -0.1) is 0 Å². The van der Waals surface area contributed by atoms with E-state index in [1.54, 1.807) is 30.0 Å². The summed E-state index contributed by atoms with van der Waals surface area (Å²) < 4.78 is 19.0. The molecular weight excluding hydrogens is 417 g/mol.